The Morgan fingerprint density at radius 1 is 1.03 bits per heavy atom. The van der Waals surface area contributed by atoms with Crippen molar-refractivity contribution in [3.8, 4) is 0 Å². The number of piperidine rings is 1. The highest BCUT2D eigenvalue weighted by Crippen LogP contribution is 2.65. The molecule has 10 heteroatoms. The second kappa shape index (κ2) is 9.48. The number of esters is 1. The van der Waals surface area contributed by atoms with E-state index in [0.717, 1.165) is 12.8 Å². The van der Waals surface area contributed by atoms with Crippen LogP contribution in [0.15, 0.2) is 0 Å². The Balaban J connectivity index is 1.78. The fourth-order valence-corrected chi connectivity index (χ4v) is 8.17. The Labute approximate surface area is 216 Å². The van der Waals surface area contributed by atoms with Gasteiger partial charge in [0, 0.05) is 18.5 Å². The van der Waals surface area contributed by atoms with Gasteiger partial charge < -0.3 is 20.3 Å². The van der Waals surface area contributed by atoms with Crippen molar-refractivity contribution in [3.05, 3.63) is 0 Å². The number of hydrogen-bond donors (Lipinski definition) is 2. The van der Waals surface area contributed by atoms with E-state index in [0.29, 0.717) is 19.4 Å². The average molecular weight is 528 g/mol. The number of ether oxygens (including phenoxy) is 1. The molecule has 3 rings (SSSR count). The van der Waals surface area contributed by atoms with E-state index >= 15 is 0 Å². The molecule has 36 heavy (non-hydrogen) atoms. The van der Waals surface area contributed by atoms with Gasteiger partial charge in [-0.1, -0.05) is 47.5 Å². The highest BCUT2D eigenvalue weighted by Gasteiger charge is 2.70. The minimum atomic E-state index is -3.48. The quantitative estimate of drug-likeness (QED) is 0.530. The maximum absolute atomic E-state index is 13.8. The molecular weight excluding hydrogens is 482 g/mol. The number of fused-ring (bicyclic) bond motifs is 1. The van der Waals surface area contributed by atoms with E-state index < -0.39 is 55.4 Å². The number of sulfone groups is 1. The summed E-state index contributed by atoms with van der Waals surface area (Å²) < 4.78 is 30.5. The molecule has 0 unspecified atom stereocenters. The number of nitrogens with zero attached hydrogens (tertiary/aromatic N) is 1. The zero-order valence-electron chi connectivity index (χ0n) is 23.3. The van der Waals surface area contributed by atoms with Crippen molar-refractivity contribution >= 4 is 27.7 Å². The summed E-state index contributed by atoms with van der Waals surface area (Å²) in [6, 6.07) is -2.66. The highest BCUT2D eigenvalue weighted by atomic mass is 32.2. The van der Waals surface area contributed by atoms with Crippen molar-refractivity contribution in [1.82, 2.24) is 15.5 Å². The summed E-state index contributed by atoms with van der Waals surface area (Å²) in [5, 5.41) is 5.04. The molecule has 1 aliphatic heterocycles. The molecule has 1 saturated heterocycles. The highest BCUT2D eigenvalue weighted by molar-refractivity contribution is 7.93. The molecule has 206 valence electrons. The fraction of sp³-hybridized carbons (Fsp3) is 0.885. The predicted octanol–water partition coefficient (Wildman–Crippen LogP) is 2.88. The lowest BCUT2D eigenvalue weighted by Crippen LogP contribution is -2.61. The van der Waals surface area contributed by atoms with Crippen LogP contribution in [0.4, 0.5) is 4.79 Å². The molecule has 3 aliphatic rings. The van der Waals surface area contributed by atoms with Gasteiger partial charge in [-0.25, -0.2) is 18.0 Å². The van der Waals surface area contributed by atoms with Gasteiger partial charge in [0.15, 0.2) is 9.84 Å². The summed E-state index contributed by atoms with van der Waals surface area (Å²) in [6.07, 6.45) is 2.69. The van der Waals surface area contributed by atoms with Crippen LogP contribution >= 0.6 is 0 Å². The molecule has 0 aromatic rings. The Hall–Kier alpha value is -1.84. The van der Waals surface area contributed by atoms with Gasteiger partial charge in [-0.05, 0) is 50.4 Å². The van der Waals surface area contributed by atoms with Crippen molar-refractivity contribution in [2.45, 2.75) is 109 Å². The molecule has 2 N–H and O–H groups in total. The van der Waals surface area contributed by atoms with Crippen LogP contribution in [0.25, 0.3) is 0 Å². The number of nitrogens with one attached hydrogen (secondary N) is 2. The predicted molar refractivity (Wildman–Crippen MR) is 138 cm³/mol. The Kier molecular flexibility index (Phi) is 7.56. The van der Waals surface area contributed by atoms with Gasteiger partial charge in [0.25, 0.3) is 0 Å². The van der Waals surface area contributed by atoms with Gasteiger partial charge in [0.2, 0.25) is 5.91 Å². The van der Waals surface area contributed by atoms with Crippen molar-refractivity contribution in [2.75, 3.05) is 13.7 Å². The first kappa shape index (κ1) is 28.7. The Morgan fingerprint density at radius 3 is 2.14 bits per heavy atom. The van der Waals surface area contributed by atoms with Crippen molar-refractivity contribution in [1.29, 1.82) is 0 Å². The molecule has 0 radical (unpaired) electrons. The summed E-state index contributed by atoms with van der Waals surface area (Å²) in [5.41, 5.74) is -0.674. The summed E-state index contributed by atoms with van der Waals surface area (Å²) in [7, 11) is -2.16. The molecule has 2 aliphatic carbocycles. The summed E-state index contributed by atoms with van der Waals surface area (Å²) >= 11 is 0. The topological polar surface area (TPSA) is 122 Å². The summed E-state index contributed by atoms with van der Waals surface area (Å²) in [5.74, 6) is -0.505. The third kappa shape index (κ3) is 5.11. The zero-order chi connectivity index (χ0) is 27.4. The number of amides is 3. The van der Waals surface area contributed by atoms with E-state index in [4.69, 9.17) is 4.74 Å². The first-order valence-corrected chi connectivity index (χ1v) is 14.6. The van der Waals surface area contributed by atoms with Crippen molar-refractivity contribution < 1.29 is 27.5 Å². The molecule has 0 aromatic heterocycles. The SMILES string of the molecule is COC(=O)[C@@H]1[C@@H]2[C@H](CN1C(=O)[C@@H](NC(=O)N[C@H]1CCCC[C@H]1S(=O)(=O)C(C)(C)C)C(C)(C)C)C2(C)C. The van der Waals surface area contributed by atoms with Crippen LogP contribution in [0.5, 0.6) is 0 Å². The number of hydrogen-bond acceptors (Lipinski definition) is 6. The van der Waals surface area contributed by atoms with E-state index in [9.17, 15) is 22.8 Å². The van der Waals surface area contributed by atoms with E-state index in [1.165, 1.54) is 7.11 Å². The lowest BCUT2D eigenvalue weighted by atomic mass is 9.85. The minimum Gasteiger partial charge on any atom is -0.467 e. The van der Waals surface area contributed by atoms with Crippen molar-refractivity contribution in [2.24, 2.45) is 22.7 Å². The summed E-state index contributed by atoms with van der Waals surface area (Å²) in [6.45, 7) is 15.3. The van der Waals surface area contributed by atoms with Gasteiger partial charge >= 0.3 is 12.0 Å². The fourth-order valence-electron chi connectivity index (χ4n) is 6.15. The maximum Gasteiger partial charge on any atom is 0.328 e. The molecule has 9 nitrogen and oxygen atoms in total. The Morgan fingerprint density at radius 2 is 1.61 bits per heavy atom. The molecule has 3 fully saturated rings. The first-order valence-electron chi connectivity index (χ1n) is 13.0. The number of urea groups is 1. The number of methoxy groups -OCH3 is 1. The molecular formula is C26H45N3O6S. The van der Waals surface area contributed by atoms with E-state index in [1.807, 2.05) is 20.8 Å². The van der Waals surface area contributed by atoms with Crippen LogP contribution in [-0.2, 0) is 24.2 Å². The van der Waals surface area contributed by atoms with Crippen molar-refractivity contribution in [3.63, 3.8) is 0 Å². The van der Waals surface area contributed by atoms with Crippen LogP contribution < -0.4 is 10.6 Å². The monoisotopic (exact) mass is 527 g/mol. The van der Waals surface area contributed by atoms with Crippen LogP contribution in [0.1, 0.15) is 81.1 Å². The van der Waals surface area contributed by atoms with Crippen LogP contribution in [-0.4, -0.2) is 73.0 Å². The smallest absolute Gasteiger partial charge is 0.328 e. The second-order valence-corrected chi connectivity index (χ2v) is 16.3. The standard InChI is InChI=1S/C26H45N3O6S/c1-24(2,3)20(21(30)29-14-15-18(26(15,7)8)19(29)22(31)35-9)28-23(32)27-16-12-10-11-13-17(16)36(33,34)25(4,5)6/h15-20H,10-14H2,1-9H3,(H2,27,28,32)/t15-,16-,17+,18-,19-,20+/m0/s1. The molecule has 2 saturated carbocycles. The second-order valence-electron chi connectivity index (χ2n) is 13.4. The number of likely N-dealkylation sites (tertiary alicyclic amines) is 1. The van der Waals surface area contributed by atoms with Crippen LogP contribution in [0.3, 0.4) is 0 Å². The maximum atomic E-state index is 13.8. The van der Waals surface area contributed by atoms with Gasteiger partial charge in [-0.3, -0.25) is 4.79 Å². The van der Waals surface area contributed by atoms with Gasteiger partial charge in [-0.2, -0.15) is 0 Å². The largest absolute Gasteiger partial charge is 0.467 e. The zero-order valence-corrected chi connectivity index (χ0v) is 24.1. The number of rotatable bonds is 5. The first-order chi connectivity index (χ1) is 16.4. The lowest BCUT2D eigenvalue weighted by molar-refractivity contribution is -0.154. The molecule has 3 amide bonds. The van der Waals surface area contributed by atoms with E-state index in [-0.39, 0.29) is 23.2 Å². The molecule has 0 bridgehead atoms. The van der Waals surface area contributed by atoms with E-state index in [2.05, 4.69) is 24.5 Å². The molecule has 0 aromatic carbocycles. The molecule has 1 heterocycles. The number of carbonyl (C=O) groups excluding carboxylic acids is 3. The van der Waals surface area contributed by atoms with Crippen LogP contribution in [0.2, 0.25) is 0 Å². The van der Waals surface area contributed by atoms with Gasteiger partial charge in [-0.15, -0.1) is 0 Å². The minimum absolute atomic E-state index is 0.0355. The third-order valence-electron chi connectivity index (χ3n) is 8.59. The summed E-state index contributed by atoms with van der Waals surface area (Å²) in [4.78, 5) is 41.2. The van der Waals surface area contributed by atoms with Gasteiger partial charge in [0.1, 0.15) is 12.1 Å². The average Bonchev–Trinajstić information content (AvgIpc) is 3.09. The normalized spacial score (nSPS) is 30.7. The molecule has 6 atom stereocenters. The Bertz CT molecular complexity index is 994. The van der Waals surface area contributed by atoms with E-state index in [1.54, 1.807) is 25.7 Å². The molecule has 0 spiro atoms. The number of carbonyl (C=O) groups is 3. The lowest BCUT2D eigenvalue weighted by Gasteiger charge is -2.38. The van der Waals surface area contributed by atoms with Crippen LogP contribution in [0, 0.1) is 22.7 Å². The van der Waals surface area contributed by atoms with Gasteiger partial charge in [0.05, 0.1) is 17.1 Å². The third-order valence-corrected chi connectivity index (χ3v) is 11.7.